The number of carbonyl (C=O) groups is 6. The minimum Gasteiger partial charge on any atom is -0.481 e. The number of carboxylic acid groups (broad SMARTS) is 2. The van der Waals surface area contributed by atoms with Gasteiger partial charge in [0.1, 0.15) is 25.3 Å². The molecular weight excluding hydrogens is 520 g/mol. The van der Waals surface area contributed by atoms with Gasteiger partial charge in [0.2, 0.25) is 0 Å². The molecule has 0 spiro atoms. The summed E-state index contributed by atoms with van der Waals surface area (Å²) in [5.41, 5.74) is 9.46. The number of ether oxygens (including phenoxy) is 3. The van der Waals surface area contributed by atoms with Crippen LogP contribution in [0.3, 0.4) is 0 Å². The summed E-state index contributed by atoms with van der Waals surface area (Å²) in [7, 11) is 0. The summed E-state index contributed by atoms with van der Waals surface area (Å²) in [6.07, 6.45) is -3.97. The lowest BCUT2D eigenvalue weighted by Crippen LogP contribution is -2.53. The molecule has 0 heterocycles. The Bertz CT molecular complexity index is 1060. The molecule has 0 aromatic heterocycles. The van der Waals surface area contributed by atoms with Crippen LogP contribution < -0.4 is 21.7 Å². The molecule has 0 saturated carbocycles. The summed E-state index contributed by atoms with van der Waals surface area (Å²) < 4.78 is 14.4. The highest BCUT2D eigenvalue weighted by Crippen LogP contribution is 2.04. The van der Waals surface area contributed by atoms with E-state index < -0.39 is 61.0 Å². The molecule has 2 atom stereocenters. The van der Waals surface area contributed by atoms with Crippen molar-refractivity contribution in [1.29, 1.82) is 0 Å². The molecule has 2 aromatic rings. The van der Waals surface area contributed by atoms with Crippen molar-refractivity contribution in [2.75, 3.05) is 0 Å². The summed E-state index contributed by atoms with van der Waals surface area (Å²) in [6.45, 7) is -0.242. The van der Waals surface area contributed by atoms with E-state index in [9.17, 15) is 28.8 Å². The highest BCUT2D eigenvalue weighted by Gasteiger charge is 2.31. The first kappa shape index (κ1) is 30.2. The summed E-state index contributed by atoms with van der Waals surface area (Å²) >= 11 is 0. The van der Waals surface area contributed by atoms with Crippen molar-refractivity contribution < 1.29 is 53.2 Å². The van der Waals surface area contributed by atoms with E-state index in [4.69, 9.17) is 19.7 Å². The third-order valence-electron chi connectivity index (χ3n) is 4.65. The first-order valence-corrected chi connectivity index (χ1v) is 11.3. The number of hydrazine groups is 2. The molecule has 39 heavy (non-hydrogen) atoms. The Hall–Kier alpha value is -5.02. The highest BCUT2D eigenvalue weighted by atomic mass is 16.6. The van der Waals surface area contributed by atoms with Crippen LogP contribution in [-0.4, -0.2) is 58.4 Å². The van der Waals surface area contributed by atoms with Crippen LogP contribution in [0.25, 0.3) is 0 Å². The number of hydrogen-bond donors (Lipinski definition) is 6. The van der Waals surface area contributed by atoms with Gasteiger partial charge in [-0.2, -0.15) is 0 Å². The molecule has 2 amide bonds. The second kappa shape index (κ2) is 16.0. The third-order valence-corrected chi connectivity index (χ3v) is 4.65. The largest absolute Gasteiger partial charge is 0.481 e. The Morgan fingerprint density at radius 3 is 1.31 bits per heavy atom. The number of nitrogens with one attached hydrogen (secondary N) is 4. The minimum atomic E-state index is -1.76. The number of benzene rings is 2. The molecule has 0 radical (unpaired) electrons. The monoisotopic (exact) mass is 546 g/mol. The van der Waals surface area contributed by atoms with E-state index in [-0.39, 0.29) is 13.2 Å². The van der Waals surface area contributed by atoms with Crippen molar-refractivity contribution in [3.8, 4) is 0 Å². The van der Waals surface area contributed by atoms with E-state index in [0.29, 0.717) is 11.1 Å². The van der Waals surface area contributed by atoms with Gasteiger partial charge in [-0.15, -0.1) is 0 Å². The van der Waals surface area contributed by atoms with Crippen LogP contribution in [-0.2, 0) is 46.6 Å². The minimum absolute atomic E-state index is 0.121. The van der Waals surface area contributed by atoms with E-state index in [1.54, 1.807) is 60.7 Å². The molecule has 15 nitrogen and oxygen atoms in total. The van der Waals surface area contributed by atoms with E-state index in [2.05, 4.69) is 15.6 Å². The molecule has 0 aliphatic carbocycles. The summed E-state index contributed by atoms with van der Waals surface area (Å²) in [5, 5.41) is 18.1. The van der Waals surface area contributed by atoms with Gasteiger partial charge >= 0.3 is 36.1 Å². The number of aliphatic carboxylic acids is 2. The molecule has 2 rings (SSSR count). The van der Waals surface area contributed by atoms with Crippen LogP contribution >= 0.6 is 0 Å². The van der Waals surface area contributed by atoms with Crippen LogP contribution in [0.15, 0.2) is 60.7 Å². The average molecular weight is 546 g/mol. The summed E-state index contributed by atoms with van der Waals surface area (Å²) in [5.74, 6) is -5.87. The molecule has 2 aromatic carbocycles. The van der Waals surface area contributed by atoms with Crippen LogP contribution in [0.2, 0.25) is 0 Å². The Labute approximate surface area is 221 Å². The van der Waals surface area contributed by atoms with Crippen molar-refractivity contribution in [3.63, 3.8) is 0 Å². The Balaban J connectivity index is 1.89. The zero-order chi connectivity index (χ0) is 28.6. The van der Waals surface area contributed by atoms with Crippen molar-refractivity contribution >= 4 is 36.1 Å². The quantitative estimate of drug-likeness (QED) is 0.0829. The van der Waals surface area contributed by atoms with Crippen molar-refractivity contribution in [1.82, 2.24) is 21.7 Å². The molecule has 2 unspecified atom stereocenters. The standard InChI is InChI=1S/C24H26N4O11/c29-19(30)11-17(25-27-23(35)37-13-15-7-3-1-4-8-15)21(33)39-22(34)18(12-20(31)32)26-28-24(36)38-14-16-9-5-2-6-10-16/h1-10,17-18,25-26H,11-14H2,(H,27,35)(H,28,36)(H,29,30)(H,31,32). The van der Waals surface area contributed by atoms with Crippen LogP contribution in [0.4, 0.5) is 9.59 Å². The second-order valence-corrected chi connectivity index (χ2v) is 7.70. The number of carbonyl (C=O) groups excluding carboxylic acids is 4. The maximum atomic E-state index is 12.4. The van der Waals surface area contributed by atoms with Gasteiger partial charge in [-0.3, -0.25) is 20.4 Å². The van der Waals surface area contributed by atoms with Gasteiger partial charge in [-0.25, -0.2) is 30.0 Å². The van der Waals surface area contributed by atoms with Gasteiger partial charge in [-0.05, 0) is 11.1 Å². The smallest absolute Gasteiger partial charge is 0.421 e. The lowest BCUT2D eigenvalue weighted by Gasteiger charge is -2.19. The molecule has 0 aliphatic heterocycles. The Morgan fingerprint density at radius 1 is 0.615 bits per heavy atom. The second-order valence-electron chi connectivity index (χ2n) is 7.70. The summed E-state index contributed by atoms with van der Waals surface area (Å²) in [4.78, 5) is 70.9. The zero-order valence-corrected chi connectivity index (χ0v) is 20.3. The third kappa shape index (κ3) is 12.2. The number of esters is 2. The maximum Gasteiger partial charge on any atom is 0.421 e. The molecule has 0 aliphatic rings. The zero-order valence-electron chi connectivity index (χ0n) is 20.3. The van der Waals surface area contributed by atoms with Crippen molar-refractivity contribution in [2.45, 2.75) is 38.1 Å². The Kier molecular flexibility index (Phi) is 12.4. The fraction of sp³-hybridized carbons (Fsp3) is 0.250. The normalized spacial score (nSPS) is 11.8. The fourth-order valence-corrected chi connectivity index (χ4v) is 2.79. The molecule has 0 bridgehead atoms. The van der Waals surface area contributed by atoms with Crippen molar-refractivity contribution in [2.24, 2.45) is 0 Å². The predicted molar refractivity (Wildman–Crippen MR) is 129 cm³/mol. The number of hydrogen-bond acceptors (Lipinski definition) is 11. The van der Waals surface area contributed by atoms with E-state index in [1.165, 1.54) is 0 Å². The lowest BCUT2D eigenvalue weighted by molar-refractivity contribution is -0.165. The Morgan fingerprint density at radius 2 is 0.974 bits per heavy atom. The highest BCUT2D eigenvalue weighted by molar-refractivity contribution is 5.94. The number of amides is 2. The SMILES string of the molecule is O=C(O)CC(NNC(=O)OCc1ccccc1)C(=O)OC(=O)C(CC(=O)O)NNC(=O)OCc1ccccc1. The number of carboxylic acids is 2. The van der Waals surface area contributed by atoms with Crippen LogP contribution in [0.5, 0.6) is 0 Å². The average Bonchev–Trinajstić information content (AvgIpc) is 2.91. The first-order valence-electron chi connectivity index (χ1n) is 11.3. The maximum absolute atomic E-state index is 12.4. The van der Waals surface area contributed by atoms with E-state index in [1.807, 2.05) is 10.9 Å². The van der Waals surface area contributed by atoms with E-state index in [0.717, 1.165) is 0 Å². The van der Waals surface area contributed by atoms with Crippen LogP contribution in [0, 0.1) is 0 Å². The van der Waals surface area contributed by atoms with Gasteiger partial charge in [0.05, 0.1) is 12.8 Å². The molecule has 0 fully saturated rings. The molecule has 208 valence electrons. The van der Waals surface area contributed by atoms with Gasteiger partial charge < -0.3 is 24.4 Å². The molecular formula is C24H26N4O11. The van der Waals surface area contributed by atoms with Gasteiger partial charge in [0.15, 0.2) is 0 Å². The van der Waals surface area contributed by atoms with Gasteiger partial charge in [-0.1, -0.05) is 60.7 Å². The predicted octanol–water partition coefficient (Wildman–Crippen LogP) is 0.605. The van der Waals surface area contributed by atoms with Gasteiger partial charge in [0.25, 0.3) is 0 Å². The lowest BCUT2D eigenvalue weighted by atomic mass is 10.2. The first-order chi connectivity index (χ1) is 18.6. The fourth-order valence-electron chi connectivity index (χ4n) is 2.79. The summed E-state index contributed by atoms with van der Waals surface area (Å²) in [6, 6.07) is 13.7. The topological polar surface area (TPSA) is 219 Å². The molecule has 6 N–H and O–H groups in total. The molecule has 15 heteroatoms. The number of rotatable bonds is 14. The van der Waals surface area contributed by atoms with Crippen molar-refractivity contribution in [3.05, 3.63) is 71.8 Å². The van der Waals surface area contributed by atoms with E-state index >= 15 is 0 Å². The van der Waals surface area contributed by atoms with Crippen LogP contribution in [0.1, 0.15) is 24.0 Å². The molecule has 0 saturated heterocycles. The van der Waals surface area contributed by atoms with Gasteiger partial charge in [0, 0.05) is 0 Å².